The van der Waals surface area contributed by atoms with Crippen molar-refractivity contribution in [1.29, 1.82) is 0 Å². The Hall–Kier alpha value is -3.92. The molecule has 0 radical (unpaired) electrons. The zero-order valence-electron chi connectivity index (χ0n) is 22.7. The van der Waals surface area contributed by atoms with Gasteiger partial charge in [-0.2, -0.15) is 0 Å². The zero-order chi connectivity index (χ0) is 28.7. The number of para-hydroxylation sites is 1. The summed E-state index contributed by atoms with van der Waals surface area (Å²) in [7, 11) is -2.80. The molecule has 0 saturated heterocycles. The van der Waals surface area contributed by atoms with Crippen LogP contribution in [0.2, 0.25) is 0 Å². The van der Waals surface area contributed by atoms with Crippen LogP contribution in [0.25, 0.3) is 0 Å². The summed E-state index contributed by atoms with van der Waals surface area (Å²) in [4.78, 5) is 28.0. The highest BCUT2D eigenvalue weighted by molar-refractivity contribution is 7.92. The fourth-order valence-electron chi connectivity index (χ4n) is 3.92. The van der Waals surface area contributed by atoms with E-state index in [4.69, 9.17) is 4.74 Å². The molecule has 0 spiro atoms. The third-order valence-electron chi connectivity index (χ3n) is 6.12. The second-order valence-corrected chi connectivity index (χ2v) is 11.3. The number of amides is 2. The highest BCUT2D eigenvalue weighted by atomic mass is 32.2. The lowest BCUT2D eigenvalue weighted by atomic mass is 10.1. The number of carbonyl (C=O) groups excluding carboxylic acids is 2. The first-order valence-corrected chi connectivity index (χ1v) is 13.9. The minimum atomic E-state index is -4.34. The lowest BCUT2D eigenvalue weighted by molar-refractivity contribution is -0.139. The van der Waals surface area contributed by atoms with Gasteiger partial charge in [0.25, 0.3) is 10.0 Å². The van der Waals surface area contributed by atoms with Gasteiger partial charge in [0.1, 0.15) is 24.2 Å². The third kappa shape index (κ3) is 7.35. The van der Waals surface area contributed by atoms with Crippen LogP contribution in [-0.2, 0) is 26.2 Å². The van der Waals surface area contributed by atoms with Crippen LogP contribution in [0.3, 0.4) is 0 Å². The molecule has 3 aromatic carbocycles. The van der Waals surface area contributed by atoms with E-state index < -0.39 is 40.2 Å². The Morgan fingerprint density at radius 1 is 0.949 bits per heavy atom. The molecular formula is C29H34FN3O5S. The van der Waals surface area contributed by atoms with Crippen LogP contribution in [0.5, 0.6) is 5.75 Å². The molecule has 0 aromatic heterocycles. The number of nitrogens with zero attached hydrogens (tertiary/aromatic N) is 2. The van der Waals surface area contributed by atoms with Crippen molar-refractivity contribution >= 4 is 27.5 Å². The molecule has 10 heteroatoms. The summed E-state index contributed by atoms with van der Waals surface area (Å²) in [5.41, 5.74) is 1.28. The van der Waals surface area contributed by atoms with E-state index in [9.17, 15) is 22.4 Å². The maximum Gasteiger partial charge on any atom is 0.264 e. The number of methoxy groups -OCH3 is 1. The number of sulfonamides is 1. The zero-order valence-corrected chi connectivity index (χ0v) is 23.5. The number of aryl methyl sites for hydroxylation is 1. The first-order valence-electron chi connectivity index (χ1n) is 12.5. The highest BCUT2D eigenvalue weighted by Crippen LogP contribution is 2.27. The summed E-state index contributed by atoms with van der Waals surface area (Å²) in [5, 5.41) is 2.79. The Morgan fingerprint density at radius 2 is 1.56 bits per heavy atom. The van der Waals surface area contributed by atoms with Crippen LogP contribution in [0.4, 0.5) is 10.1 Å². The van der Waals surface area contributed by atoms with E-state index >= 15 is 0 Å². The van der Waals surface area contributed by atoms with Gasteiger partial charge in [-0.05, 0) is 69.7 Å². The van der Waals surface area contributed by atoms with E-state index in [1.165, 1.54) is 42.3 Å². The molecule has 0 heterocycles. The summed E-state index contributed by atoms with van der Waals surface area (Å²) < 4.78 is 48.3. The average molecular weight is 556 g/mol. The molecule has 0 aliphatic heterocycles. The Morgan fingerprint density at radius 3 is 2.13 bits per heavy atom. The van der Waals surface area contributed by atoms with E-state index in [0.29, 0.717) is 11.3 Å². The Balaban J connectivity index is 2.03. The minimum absolute atomic E-state index is 0.0190. The smallest absolute Gasteiger partial charge is 0.264 e. The third-order valence-corrected chi connectivity index (χ3v) is 7.89. The van der Waals surface area contributed by atoms with E-state index in [2.05, 4.69) is 5.32 Å². The van der Waals surface area contributed by atoms with Crippen molar-refractivity contribution in [2.24, 2.45) is 0 Å². The van der Waals surface area contributed by atoms with Crippen LogP contribution in [0, 0.1) is 12.7 Å². The predicted octanol–water partition coefficient (Wildman–Crippen LogP) is 4.28. The second-order valence-electron chi connectivity index (χ2n) is 9.49. The molecule has 0 saturated carbocycles. The van der Waals surface area contributed by atoms with Gasteiger partial charge in [0.15, 0.2) is 0 Å². The van der Waals surface area contributed by atoms with E-state index in [1.54, 1.807) is 57.2 Å². The highest BCUT2D eigenvalue weighted by Gasteiger charge is 2.33. The monoisotopic (exact) mass is 555 g/mol. The number of benzene rings is 3. The maximum atomic E-state index is 14.9. The predicted molar refractivity (Wildman–Crippen MR) is 148 cm³/mol. The lowest BCUT2D eigenvalue weighted by Crippen LogP contribution is -2.52. The molecule has 0 fully saturated rings. The molecule has 0 unspecified atom stereocenters. The van der Waals surface area contributed by atoms with Crippen molar-refractivity contribution < 1.29 is 27.1 Å². The molecule has 208 valence electrons. The average Bonchev–Trinajstić information content (AvgIpc) is 2.90. The molecule has 8 nitrogen and oxygen atoms in total. The first kappa shape index (κ1) is 29.6. The fourth-order valence-corrected chi connectivity index (χ4v) is 5.34. The van der Waals surface area contributed by atoms with Gasteiger partial charge in [0, 0.05) is 12.6 Å². The summed E-state index contributed by atoms with van der Waals surface area (Å²) in [6.07, 6.45) is 0. The molecule has 2 amide bonds. The number of carbonyl (C=O) groups is 2. The number of hydrogen-bond donors (Lipinski definition) is 1. The van der Waals surface area contributed by atoms with E-state index in [-0.39, 0.29) is 23.2 Å². The summed E-state index contributed by atoms with van der Waals surface area (Å²) in [6, 6.07) is 17.3. The van der Waals surface area contributed by atoms with Crippen molar-refractivity contribution in [3.8, 4) is 5.75 Å². The first-order chi connectivity index (χ1) is 18.4. The van der Waals surface area contributed by atoms with Crippen molar-refractivity contribution in [2.75, 3.05) is 18.0 Å². The summed E-state index contributed by atoms with van der Waals surface area (Å²) in [5.74, 6) is -1.24. The molecular weight excluding hydrogens is 521 g/mol. The summed E-state index contributed by atoms with van der Waals surface area (Å²) >= 11 is 0. The van der Waals surface area contributed by atoms with Gasteiger partial charge in [0.05, 0.1) is 17.7 Å². The standard InChI is InChI=1S/C29H34FN3O5S/c1-20(2)31-29(35)22(4)32(18-23-12-14-24(38-5)15-13-23)28(34)19-33(27-9-7-6-8-26(27)30)39(36,37)25-16-10-21(3)11-17-25/h6-17,20,22H,18-19H2,1-5H3,(H,31,35)/t22-/m1/s1. The molecule has 1 N–H and O–H groups in total. The second kappa shape index (κ2) is 12.8. The minimum Gasteiger partial charge on any atom is -0.497 e. The largest absolute Gasteiger partial charge is 0.497 e. The van der Waals surface area contributed by atoms with Crippen LogP contribution in [0.15, 0.2) is 77.7 Å². The molecule has 3 aromatic rings. The molecule has 39 heavy (non-hydrogen) atoms. The van der Waals surface area contributed by atoms with Crippen LogP contribution in [0.1, 0.15) is 31.9 Å². The van der Waals surface area contributed by atoms with Gasteiger partial charge in [-0.25, -0.2) is 12.8 Å². The van der Waals surface area contributed by atoms with Crippen LogP contribution in [-0.4, -0.2) is 50.9 Å². The number of rotatable bonds is 11. The van der Waals surface area contributed by atoms with Crippen molar-refractivity contribution in [1.82, 2.24) is 10.2 Å². The van der Waals surface area contributed by atoms with Gasteiger partial charge in [-0.1, -0.05) is 42.0 Å². The molecule has 0 aliphatic carbocycles. The number of ether oxygens (including phenoxy) is 1. The normalized spacial score (nSPS) is 12.1. The van der Waals surface area contributed by atoms with Gasteiger partial charge in [-0.15, -0.1) is 0 Å². The van der Waals surface area contributed by atoms with Crippen molar-refractivity contribution in [3.05, 3.63) is 89.7 Å². The number of hydrogen-bond acceptors (Lipinski definition) is 5. The molecule has 3 rings (SSSR count). The number of halogens is 1. The van der Waals surface area contributed by atoms with Crippen LogP contribution < -0.4 is 14.4 Å². The quantitative estimate of drug-likeness (QED) is 0.381. The Kier molecular flexibility index (Phi) is 9.69. The van der Waals surface area contributed by atoms with Crippen molar-refractivity contribution in [2.45, 2.75) is 51.2 Å². The van der Waals surface area contributed by atoms with E-state index in [0.717, 1.165) is 15.9 Å². The maximum absolute atomic E-state index is 14.9. The molecule has 0 bridgehead atoms. The topological polar surface area (TPSA) is 96.0 Å². The van der Waals surface area contributed by atoms with Gasteiger partial charge in [0.2, 0.25) is 11.8 Å². The summed E-state index contributed by atoms with van der Waals surface area (Å²) in [6.45, 7) is 6.29. The van der Waals surface area contributed by atoms with Gasteiger partial charge < -0.3 is 15.0 Å². The molecule has 0 aliphatic rings. The van der Waals surface area contributed by atoms with Crippen LogP contribution >= 0.6 is 0 Å². The van der Waals surface area contributed by atoms with Gasteiger partial charge in [-0.3, -0.25) is 13.9 Å². The SMILES string of the molecule is COc1ccc(CN(C(=O)CN(c2ccccc2F)S(=O)(=O)c2ccc(C)cc2)[C@H](C)C(=O)NC(C)C)cc1. The van der Waals surface area contributed by atoms with E-state index in [1.807, 2.05) is 6.92 Å². The van der Waals surface area contributed by atoms with Gasteiger partial charge >= 0.3 is 0 Å². The Labute approximate surface area is 229 Å². The van der Waals surface area contributed by atoms with Crippen molar-refractivity contribution in [3.63, 3.8) is 0 Å². The Bertz CT molecular complexity index is 1390. The number of nitrogens with one attached hydrogen (secondary N) is 1. The fraction of sp³-hybridized carbons (Fsp3) is 0.310. The molecule has 1 atom stereocenters. The lowest BCUT2D eigenvalue weighted by Gasteiger charge is -2.32. The number of anilines is 1.